The lowest BCUT2D eigenvalue weighted by Gasteiger charge is -2.17. The summed E-state index contributed by atoms with van der Waals surface area (Å²) in [6.07, 6.45) is 3.17. The maximum atomic E-state index is 12.1. The quantitative estimate of drug-likeness (QED) is 0.864. The summed E-state index contributed by atoms with van der Waals surface area (Å²) in [4.78, 5) is 16.4. The topological polar surface area (TPSA) is 65.2 Å². The van der Waals surface area contributed by atoms with Gasteiger partial charge in [0, 0.05) is 15.4 Å². The number of halogens is 1. The number of hydrogen-bond donors (Lipinski definition) is 1. The van der Waals surface area contributed by atoms with Crippen LogP contribution in [0.4, 0.5) is 5.69 Å². The molecule has 5 heteroatoms. The number of fused-ring (bicyclic) bond motifs is 1. The van der Waals surface area contributed by atoms with E-state index in [9.17, 15) is 4.79 Å². The van der Waals surface area contributed by atoms with Gasteiger partial charge in [0.05, 0.1) is 29.9 Å². The fraction of sp³-hybridized carbons (Fsp3) is 0.286. The Bertz CT molecular complexity index is 675. The Hall–Kier alpha value is -1.62. The smallest absolute Gasteiger partial charge is 0.316 e. The summed E-state index contributed by atoms with van der Waals surface area (Å²) in [7, 11) is 1.41. The van der Waals surface area contributed by atoms with Gasteiger partial charge in [0.15, 0.2) is 0 Å². The number of pyridine rings is 1. The van der Waals surface area contributed by atoms with Crippen LogP contribution in [0, 0.1) is 0 Å². The fourth-order valence-electron chi connectivity index (χ4n) is 2.59. The zero-order valence-electron chi connectivity index (χ0n) is 10.4. The molecule has 0 aliphatic heterocycles. The Balaban J connectivity index is 2.31. The van der Waals surface area contributed by atoms with E-state index in [-0.39, 0.29) is 5.97 Å². The summed E-state index contributed by atoms with van der Waals surface area (Å²) in [6, 6.07) is 5.79. The van der Waals surface area contributed by atoms with Gasteiger partial charge in [-0.05, 0) is 31.0 Å². The molecule has 1 heterocycles. The van der Waals surface area contributed by atoms with Gasteiger partial charge in [0.1, 0.15) is 0 Å². The largest absolute Gasteiger partial charge is 0.468 e. The first-order valence-corrected chi connectivity index (χ1v) is 6.80. The minimum Gasteiger partial charge on any atom is -0.468 e. The van der Waals surface area contributed by atoms with Crippen LogP contribution in [-0.2, 0) is 14.9 Å². The first-order valence-electron chi connectivity index (χ1n) is 6.01. The molecule has 1 aliphatic rings. The minimum atomic E-state index is -0.583. The highest BCUT2D eigenvalue weighted by atomic mass is 79.9. The van der Waals surface area contributed by atoms with E-state index < -0.39 is 5.41 Å². The number of carbonyl (C=O) groups is 1. The van der Waals surface area contributed by atoms with Crippen LogP contribution in [0.15, 0.2) is 28.9 Å². The summed E-state index contributed by atoms with van der Waals surface area (Å²) in [5.74, 6) is -0.216. The zero-order valence-corrected chi connectivity index (χ0v) is 12.0. The van der Waals surface area contributed by atoms with Crippen LogP contribution in [0.2, 0.25) is 0 Å². The van der Waals surface area contributed by atoms with Crippen LogP contribution in [-0.4, -0.2) is 18.1 Å². The normalized spacial score (nSPS) is 16.3. The van der Waals surface area contributed by atoms with Gasteiger partial charge in [-0.1, -0.05) is 15.9 Å². The van der Waals surface area contributed by atoms with Gasteiger partial charge >= 0.3 is 5.97 Å². The molecule has 4 nitrogen and oxygen atoms in total. The predicted molar refractivity (Wildman–Crippen MR) is 76.8 cm³/mol. The first kappa shape index (κ1) is 12.4. The molecule has 19 heavy (non-hydrogen) atoms. The second-order valence-corrected chi connectivity index (χ2v) is 5.74. The van der Waals surface area contributed by atoms with Crippen LogP contribution in [0.3, 0.4) is 0 Å². The monoisotopic (exact) mass is 320 g/mol. The molecule has 1 aromatic heterocycles. The fourth-order valence-corrected chi connectivity index (χ4v) is 2.95. The van der Waals surface area contributed by atoms with Crippen molar-refractivity contribution in [2.24, 2.45) is 0 Å². The molecule has 0 unspecified atom stereocenters. The number of hydrogen-bond acceptors (Lipinski definition) is 4. The van der Waals surface area contributed by atoms with Gasteiger partial charge in [0.25, 0.3) is 0 Å². The molecule has 0 amide bonds. The number of carbonyl (C=O) groups excluding carboxylic acids is 1. The van der Waals surface area contributed by atoms with E-state index in [4.69, 9.17) is 10.5 Å². The Morgan fingerprint density at radius 3 is 2.84 bits per heavy atom. The Morgan fingerprint density at radius 1 is 1.47 bits per heavy atom. The molecule has 0 bridgehead atoms. The maximum Gasteiger partial charge on any atom is 0.316 e. The number of methoxy groups -OCH3 is 1. The lowest BCUT2D eigenvalue weighted by molar-refractivity contribution is -0.143. The molecule has 0 atom stereocenters. The first-order chi connectivity index (χ1) is 9.08. The van der Waals surface area contributed by atoms with Crippen LogP contribution >= 0.6 is 15.9 Å². The molecule has 3 rings (SSSR count). The second kappa shape index (κ2) is 4.20. The van der Waals surface area contributed by atoms with Crippen molar-refractivity contribution in [2.75, 3.05) is 12.8 Å². The van der Waals surface area contributed by atoms with E-state index in [1.165, 1.54) is 7.11 Å². The van der Waals surface area contributed by atoms with Crippen LogP contribution in [0.5, 0.6) is 0 Å². The number of ether oxygens (including phenoxy) is 1. The molecule has 1 saturated carbocycles. The molecule has 1 fully saturated rings. The molecule has 1 aliphatic carbocycles. The van der Waals surface area contributed by atoms with E-state index in [0.29, 0.717) is 5.69 Å². The highest BCUT2D eigenvalue weighted by molar-refractivity contribution is 9.10. The van der Waals surface area contributed by atoms with Crippen molar-refractivity contribution in [1.29, 1.82) is 0 Å². The summed E-state index contributed by atoms with van der Waals surface area (Å²) >= 11 is 3.45. The number of nitrogens with two attached hydrogens (primary N) is 1. The summed E-state index contributed by atoms with van der Waals surface area (Å²) < 4.78 is 5.88. The van der Waals surface area contributed by atoms with Crippen molar-refractivity contribution in [3.63, 3.8) is 0 Å². The van der Waals surface area contributed by atoms with Gasteiger partial charge in [-0.25, -0.2) is 0 Å². The van der Waals surface area contributed by atoms with Crippen molar-refractivity contribution in [1.82, 2.24) is 4.98 Å². The van der Waals surface area contributed by atoms with Crippen molar-refractivity contribution >= 4 is 38.5 Å². The molecule has 1 aromatic carbocycles. The highest BCUT2D eigenvalue weighted by Crippen LogP contribution is 2.53. The Morgan fingerprint density at radius 2 is 2.21 bits per heavy atom. The lowest BCUT2D eigenvalue weighted by atomic mass is 9.91. The molecular formula is C14H13BrN2O2. The SMILES string of the molecule is COC(=O)C1(c2c(N)cnc3ccc(Br)cc23)CC1. The van der Waals surface area contributed by atoms with E-state index in [1.807, 2.05) is 18.2 Å². The third kappa shape index (κ3) is 1.80. The average molecular weight is 321 g/mol. The third-order valence-corrected chi connectivity index (χ3v) is 4.16. The number of aromatic nitrogens is 1. The van der Waals surface area contributed by atoms with Gasteiger partial charge in [0.2, 0.25) is 0 Å². The summed E-state index contributed by atoms with van der Waals surface area (Å²) in [5.41, 5.74) is 7.72. The number of nitrogens with zero attached hydrogens (tertiary/aromatic N) is 1. The van der Waals surface area contributed by atoms with Crippen molar-refractivity contribution in [3.05, 3.63) is 34.4 Å². The summed E-state index contributed by atoms with van der Waals surface area (Å²) in [5, 5.41) is 0.914. The van der Waals surface area contributed by atoms with Crippen LogP contribution in [0.25, 0.3) is 10.9 Å². The van der Waals surface area contributed by atoms with Crippen LogP contribution < -0.4 is 5.73 Å². The third-order valence-electron chi connectivity index (χ3n) is 3.66. The molecule has 2 N–H and O–H groups in total. The number of esters is 1. The Labute approximate surface area is 119 Å². The second-order valence-electron chi connectivity index (χ2n) is 4.82. The van der Waals surface area contributed by atoms with E-state index in [0.717, 1.165) is 33.8 Å². The Kier molecular flexibility index (Phi) is 2.74. The van der Waals surface area contributed by atoms with E-state index >= 15 is 0 Å². The van der Waals surface area contributed by atoms with Gasteiger partial charge in [-0.3, -0.25) is 9.78 Å². The molecular weight excluding hydrogens is 308 g/mol. The molecule has 98 valence electrons. The van der Waals surface area contributed by atoms with Crippen LogP contribution in [0.1, 0.15) is 18.4 Å². The maximum absolute atomic E-state index is 12.1. The molecule has 0 spiro atoms. The highest BCUT2D eigenvalue weighted by Gasteiger charge is 2.54. The molecule has 0 saturated heterocycles. The van der Waals surface area contributed by atoms with Crippen molar-refractivity contribution in [2.45, 2.75) is 18.3 Å². The number of rotatable bonds is 2. The number of benzene rings is 1. The molecule has 2 aromatic rings. The minimum absolute atomic E-state index is 0.216. The van der Waals surface area contributed by atoms with Crippen molar-refractivity contribution in [3.8, 4) is 0 Å². The average Bonchev–Trinajstić information content (AvgIpc) is 3.18. The van der Waals surface area contributed by atoms with Gasteiger partial charge in [-0.2, -0.15) is 0 Å². The number of anilines is 1. The number of nitrogen functional groups attached to an aromatic ring is 1. The van der Waals surface area contributed by atoms with Gasteiger partial charge in [-0.15, -0.1) is 0 Å². The predicted octanol–water partition coefficient (Wildman–Crippen LogP) is 2.78. The van der Waals surface area contributed by atoms with E-state index in [1.54, 1.807) is 6.20 Å². The van der Waals surface area contributed by atoms with Crippen molar-refractivity contribution < 1.29 is 9.53 Å². The zero-order chi connectivity index (χ0) is 13.6. The molecule has 0 radical (unpaired) electrons. The van der Waals surface area contributed by atoms with Gasteiger partial charge < -0.3 is 10.5 Å². The summed E-state index contributed by atoms with van der Waals surface area (Å²) in [6.45, 7) is 0. The standard InChI is InChI=1S/C14H13BrN2O2/c1-19-13(18)14(4-5-14)12-9-6-8(15)2-3-11(9)17-7-10(12)16/h2-3,6-7H,4-5,16H2,1H3. The lowest BCUT2D eigenvalue weighted by Crippen LogP contribution is -2.23. The van der Waals surface area contributed by atoms with E-state index in [2.05, 4.69) is 20.9 Å².